The van der Waals surface area contributed by atoms with E-state index in [1.165, 1.54) is 52.6 Å². The van der Waals surface area contributed by atoms with Crippen LogP contribution in [0.25, 0.3) is 11.3 Å². The van der Waals surface area contributed by atoms with E-state index < -0.39 is 15.8 Å². The molecule has 0 unspecified atom stereocenters. The smallest absolute Gasteiger partial charge is 0.261 e. The Morgan fingerprint density at radius 2 is 1.89 bits per heavy atom. The number of nitrogens with zero attached hydrogens (tertiary/aromatic N) is 8. The van der Waals surface area contributed by atoms with Crippen molar-refractivity contribution in [3.8, 4) is 5.69 Å². The minimum absolute atomic E-state index is 0.0357. The number of benzene rings is 1. The van der Waals surface area contributed by atoms with Crippen LogP contribution in [-0.4, -0.2) is 47.6 Å². The lowest BCUT2D eigenvalue weighted by Crippen LogP contribution is -2.25. The molecule has 0 saturated heterocycles. The molecule has 1 aliphatic carbocycles. The minimum Gasteiger partial charge on any atom is -0.306 e. The first-order valence-electron chi connectivity index (χ1n) is 11.1. The summed E-state index contributed by atoms with van der Waals surface area (Å²) in [5.41, 5.74) is 3.19. The van der Waals surface area contributed by atoms with Gasteiger partial charge in [0.25, 0.3) is 10.0 Å². The van der Waals surface area contributed by atoms with Gasteiger partial charge in [0.05, 0.1) is 29.1 Å². The van der Waals surface area contributed by atoms with E-state index in [1.54, 1.807) is 6.07 Å². The second-order valence-electron chi connectivity index (χ2n) is 8.54. The number of pyridine rings is 1. The Morgan fingerprint density at radius 1 is 1.08 bits per heavy atom. The molecule has 1 saturated carbocycles. The van der Waals surface area contributed by atoms with Gasteiger partial charge < -0.3 is 4.40 Å². The van der Waals surface area contributed by atoms with Gasteiger partial charge in [0.1, 0.15) is 24.1 Å². The van der Waals surface area contributed by atoms with Gasteiger partial charge in [-0.15, -0.1) is 15.3 Å². The van der Waals surface area contributed by atoms with Gasteiger partial charge in [0.2, 0.25) is 5.03 Å². The number of imidazole rings is 1. The summed E-state index contributed by atoms with van der Waals surface area (Å²) in [4.78, 5) is 4.57. The first kappa shape index (κ1) is 22.8. The molecule has 4 heterocycles. The van der Waals surface area contributed by atoms with E-state index >= 15 is 0 Å². The maximum Gasteiger partial charge on any atom is 0.261 e. The van der Waals surface area contributed by atoms with Crippen LogP contribution in [0, 0.1) is 5.82 Å². The van der Waals surface area contributed by atoms with Gasteiger partial charge in [-0.05, 0) is 42.5 Å². The lowest BCUT2D eigenvalue weighted by molar-refractivity contribution is 0.570. The van der Waals surface area contributed by atoms with Gasteiger partial charge in [-0.1, -0.05) is 22.9 Å². The second-order valence-corrected chi connectivity index (χ2v) is 10.7. The average Bonchev–Trinajstić information content (AvgIpc) is 3.23. The van der Waals surface area contributed by atoms with Crippen LogP contribution in [0.3, 0.4) is 0 Å². The zero-order chi connectivity index (χ0) is 24.9. The van der Waals surface area contributed by atoms with Crippen LogP contribution in [0.15, 0.2) is 60.5 Å². The number of fused-ring (bicyclic) bond motifs is 1. The second kappa shape index (κ2) is 8.76. The summed E-state index contributed by atoms with van der Waals surface area (Å²) < 4.78 is 47.7. The molecule has 11 nitrogen and oxygen atoms in total. The van der Waals surface area contributed by atoms with Crippen molar-refractivity contribution in [3.63, 3.8) is 0 Å². The lowest BCUT2D eigenvalue weighted by atomic mass is 10.1. The minimum atomic E-state index is -4.10. The van der Waals surface area contributed by atoms with Gasteiger partial charge in [0.15, 0.2) is 0 Å². The predicted molar refractivity (Wildman–Crippen MR) is 127 cm³/mol. The van der Waals surface area contributed by atoms with E-state index in [-0.39, 0.29) is 28.7 Å². The van der Waals surface area contributed by atoms with Crippen LogP contribution >= 0.6 is 11.6 Å². The fraction of sp³-hybridized carbons (Fsp3) is 0.227. The number of hydrogen-bond acceptors (Lipinski definition) is 7. The molecule has 14 heteroatoms. The van der Waals surface area contributed by atoms with Gasteiger partial charge in [-0.25, -0.2) is 27.2 Å². The molecule has 5 aromatic rings. The van der Waals surface area contributed by atoms with Crippen molar-refractivity contribution in [2.45, 2.75) is 36.9 Å². The molecular formula is C22H19ClFN9O2S. The van der Waals surface area contributed by atoms with Crippen molar-refractivity contribution in [1.29, 1.82) is 0 Å². The molecule has 1 aliphatic rings. The molecule has 0 aliphatic heterocycles. The number of rotatable bonds is 8. The Bertz CT molecular complexity index is 1680. The molecule has 1 aromatic carbocycles. The maximum atomic E-state index is 14.8. The van der Waals surface area contributed by atoms with Crippen molar-refractivity contribution in [3.05, 3.63) is 83.2 Å². The Morgan fingerprint density at radius 3 is 2.67 bits per heavy atom. The lowest BCUT2D eigenvalue weighted by Gasteiger charge is -2.12. The fourth-order valence-electron chi connectivity index (χ4n) is 4.00. The number of sulfonamides is 1. The first-order valence-corrected chi connectivity index (χ1v) is 12.9. The molecule has 0 bridgehead atoms. The maximum absolute atomic E-state index is 14.8. The summed E-state index contributed by atoms with van der Waals surface area (Å²) in [6, 6.07) is 6.99. The van der Waals surface area contributed by atoms with E-state index in [0.29, 0.717) is 17.3 Å². The average molecular weight is 528 g/mol. The molecule has 0 amide bonds. The van der Waals surface area contributed by atoms with Crippen LogP contribution in [0.2, 0.25) is 5.02 Å². The van der Waals surface area contributed by atoms with Crippen LogP contribution in [-0.2, 0) is 23.1 Å². The Hall–Kier alpha value is -3.68. The number of nitrogens with one attached hydrogen (secondary N) is 1. The quantitative estimate of drug-likeness (QED) is 0.329. The topological polar surface area (TPSA) is 125 Å². The van der Waals surface area contributed by atoms with Crippen molar-refractivity contribution in [2.75, 3.05) is 0 Å². The molecule has 1 N–H and O–H groups in total. The molecule has 0 spiro atoms. The van der Waals surface area contributed by atoms with Crippen molar-refractivity contribution < 1.29 is 12.8 Å². The summed E-state index contributed by atoms with van der Waals surface area (Å²) in [6.07, 6.45) is 10.4. The SMILES string of the molecule is O=S(=O)(NCc1c(-n2cnnc2)ccc(Cl)c1F)c1cn(Cc2cn3cc(C4CC4)ccc3n2)nn1. The predicted octanol–water partition coefficient (Wildman–Crippen LogP) is 2.70. The molecule has 36 heavy (non-hydrogen) atoms. The zero-order valence-electron chi connectivity index (χ0n) is 18.7. The van der Waals surface area contributed by atoms with E-state index in [4.69, 9.17) is 11.6 Å². The molecule has 0 atom stereocenters. The highest BCUT2D eigenvalue weighted by Gasteiger charge is 2.24. The van der Waals surface area contributed by atoms with Crippen LogP contribution < -0.4 is 4.72 Å². The molecule has 1 fully saturated rings. The van der Waals surface area contributed by atoms with Crippen LogP contribution in [0.1, 0.15) is 35.6 Å². The highest BCUT2D eigenvalue weighted by atomic mass is 35.5. The van der Waals surface area contributed by atoms with E-state index in [1.807, 2.05) is 16.7 Å². The Kier molecular flexibility index (Phi) is 5.54. The standard InChI is InChI=1S/C22H19ClFN9O2S/c23-18-4-5-19(32-12-25-26-13-32)17(22(18)24)7-27-36(34,35)21-11-33(30-29-21)10-16-9-31-8-15(14-1-2-14)3-6-20(31)28-16/h3-6,8-9,11-14,27H,1-2,7,10H2. The highest BCUT2D eigenvalue weighted by Crippen LogP contribution is 2.39. The van der Waals surface area contributed by atoms with Crippen LogP contribution in [0.5, 0.6) is 0 Å². The van der Waals surface area contributed by atoms with E-state index in [2.05, 4.69) is 42.5 Å². The van der Waals surface area contributed by atoms with Gasteiger partial charge in [-0.3, -0.25) is 4.57 Å². The normalized spacial score (nSPS) is 14.1. The number of aromatic nitrogens is 8. The van der Waals surface area contributed by atoms with Gasteiger partial charge in [-0.2, -0.15) is 0 Å². The third-order valence-electron chi connectivity index (χ3n) is 6.00. The summed E-state index contributed by atoms with van der Waals surface area (Å²) >= 11 is 5.92. The monoisotopic (exact) mass is 527 g/mol. The largest absolute Gasteiger partial charge is 0.306 e. The third-order valence-corrected chi connectivity index (χ3v) is 7.55. The van der Waals surface area contributed by atoms with Gasteiger partial charge in [0, 0.05) is 24.5 Å². The number of hydrogen-bond donors (Lipinski definition) is 1. The van der Waals surface area contributed by atoms with E-state index in [0.717, 1.165) is 5.65 Å². The summed E-state index contributed by atoms with van der Waals surface area (Å²) in [6.45, 7) is -0.130. The van der Waals surface area contributed by atoms with E-state index in [9.17, 15) is 12.8 Å². The first-order chi connectivity index (χ1) is 17.4. The van der Waals surface area contributed by atoms with Gasteiger partial charge >= 0.3 is 0 Å². The Balaban J connectivity index is 1.19. The van der Waals surface area contributed by atoms with Crippen LogP contribution in [0.4, 0.5) is 4.39 Å². The summed E-state index contributed by atoms with van der Waals surface area (Å²) in [5, 5.41) is 14.7. The molecule has 184 valence electrons. The number of halogens is 2. The summed E-state index contributed by atoms with van der Waals surface area (Å²) in [7, 11) is -4.10. The highest BCUT2D eigenvalue weighted by molar-refractivity contribution is 7.89. The van der Waals surface area contributed by atoms with Crippen molar-refractivity contribution in [1.82, 2.24) is 43.9 Å². The van der Waals surface area contributed by atoms with Crippen molar-refractivity contribution in [2.24, 2.45) is 0 Å². The molecule has 4 aromatic heterocycles. The zero-order valence-corrected chi connectivity index (χ0v) is 20.2. The fourth-order valence-corrected chi connectivity index (χ4v) is 5.07. The Labute approximate surface area is 209 Å². The molecule has 0 radical (unpaired) electrons. The summed E-state index contributed by atoms with van der Waals surface area (Å²) in [5.74, 6) is -0.116. The van der Waals surface area contributed by atoms with Crippen molar-refractivity contribution >= 4 is 27.3 Å². The molecular weight excluding hydrogens is 509 g/mol. The molecule has 6 rings (SSSR count). The third kappa shape index (κ3) is 4.36.